The van der Waals surface area contributed by atoms with Gasteiger partial charge < -0.3 is 19.7 Å². The number of ether oxygens (including phenoxy) is 2. The lowest BCUT2D eigenvalue weighted by Crippen LogP contribution is -2.30. The second-order valence-corrected chi connectivity index (χ2v) is 10.9. The fourth-order valence-corrected chi connectivity index (χ4v) is 5.15. The molecule has 0 saturated heterocycles. The van der Waals surface area contributed by atoms with Crippen LogP contribution in [0.3, 0.4) is 0 Å². The maximum atomic E-state index is 10.1. The lowest BCUT2D eigenvalue weighted by molar-refractivity contribution is 0.240. The average molecular weight is 492 g/mol. The summed E-state index contributed by atoms with van der Waals surface area (Å²) in [7, 11) is 2.09. The van der Waals surface area contributed by atoms with Crippen molar-refractivity contribution in [2.75, 3.05) is 13.7 Å². The molecule has 3 aromatic rings. The highest BCUT2D eigenvalue weighted by molar-refractivity contribution is 7.97. The molecule has 2 unspecified atom stereocenters. The first-order chi connectivity index (χ1) is 16.7. The van der Waals surface area contributed by atoms with Gasteiger partial charge in [-0.25, -0.2) is 4.31 Å². The van der Waals surface area contributed by atoms with E-state index >= 15 is 0 Å². The summed E-state index contributed by atoms with van der Waals surface area (Å²) in [6.07, 6.45) is -0.365. The SMILES string of the molecule is CC1=C(c2cccc(O)c2)C(c2ccc(OCC(C)N(C)SC(C)C)cc2)Oc2ccc(O)cc21. The molecule has 0 spiro atoms. The van der Waals surface area contributed by atoms with Crippen LogP contribution in [0, 0.1) is 0 Å². The first kappa shape index (κ1) is 25.0. The third-order valence-electron chi connectivity index (χ3n) is 6.11. The summed E-state index contributed by atoms with van der Waals surface area (Å²) in [5.41, 5.74) is 4.65. The van der Waals surface area contributed by atoms with E-state index < -0.39 is 0 Å². The van der Waals surface area contributed by atoms with Crippen LogP contribution in [0.1, 0.15) is 50.5 Å². The summed E-state index contributed by atoms with van der Waals surface area (Å²) in [5, 5.41) is 20.7. The molecule has 0 radical (unpaired) electrons. The minimum absolute atomic E-state index is 0.188. The minimum atomic E-state index is -0.365. The van der Waals surface area contributed by atoms with E-state index in [-0.39, 0.29) is 23.6 Å². The Kier molecular flexibility index (Phi) is 7.63. The van der Waals surface area contributed by atoms with Crippen LogP contribution in [-0.2, 0) is 0 Å². The summed E-state index contributed by atoms with van der Waals surface area (Å²) in [4.78, 5) is 0. The number of phenols is 2. The largest absolute Gasteiger partial charge is 0.508 e. The molecule has 0 saturated carbocycles. The van der Waals surface area contributed by atoms with E-state index in [1.807, 2.05) is 55.3 Å². The zero-order chi connectivity index (χ0) is 25.1. The Hall–Kier alpha value is -3.09. The zero-order valence-corrected chi connectivity index (χ0v) is 21.7. The number of aromatic hydroxyl groups is 2. The monoisotopic (exact) mass is 491 g/mol. The molecule has 0 fully saturated rings. The van der Waals surface area contributed by atoms with Gasteiger partial charge in [0.25, 0.3) is 0 Å². The van der Waals surface area contributed by atoms with Crippen molar-refractivity contribution >= 4 is 23.1 Å². The number of rotatable bonds is 8. The predicted octanol–water partition coefficient (Wildman–Crippen LogP) is 6.92. The molecule has 0 aliphatic carbocycles. The van der Waals surface area contributed by atoms with E-state index in [2.05, 4.69) is 32.1 Å². The molecule has 0 bridgehead atoms. The summed E-state index contributed by atoms with van der Waals surface area (Å²) in [6.45, 7) is 9.15. The molecule has 0 amide bonds. The molecular formula is C29H33NO4S. The lowest BCUT2D eigenvalue weighted by Gasteiger charge is -2.31. The highest BCUT2D eigenvalue weighted by Gasteiger charge is 2.29. The van der Waals surface area contributed by atoms with Gasteiger partial charge in [-0.05, 0) is 80.1 Å². The highest BCUT2D eigenvalue weighted by Crippen LogP contribution is 2.47. The van der Waals surface area contributed by atoms with Crippen molar-refractivity contribution in [3.8, 4) is 23.0 Å². The smallest absolute Gasteiger partial charge is 0.150 e. The fraction of sp³-hybridized carbons (Fsp3) is 0.310. The van der Waals surface area contributed by atoms with Gasteiger partial charge >= 0.3 is 0 Å². The number of fused-ring (bicyclic) bond motifs is 1. The number of likely N-dealkylation sites (N-methyl/N-ethyl adjacent to an activating group) is 1. The van der Waals surface area contributed by atoms with Crippen LogP contribution in [0.5, 0.6) is 23.0 Å². The number of phenolic OH excluding ortho intramolecular Hbond substituents is 2. The van der Waals surface area contributed by atoms with Crippen LogP contribution in [-0.4, -0.2) is 39.5 Å². The topological polar surface area (TPSA) is 62.2 Å². The van der Waals surface area contributed by atoms with Gasteiger partial charge in [-0.15, -0.1) is 0 Å². The Balaban J connectivity index is 1.61. The summed E-state index contributed by atoms with van der Waals surface area (Å²) in [6, 6.07) is 20.6. The average Bonchev–Trinajstić information content (AvgIpc) is 2.82. The maximum absolute atomic E-state index is 10.1. The Morgan fingerprint density at radius 1 is 0.971 bits per heavy atom. The van der Waals surface area contributed by atoms with E-state index in [4.69, 9.17) is 9.47 Å². The van der Waals surface area contributed by atoms with Gasteiger partial charge in [0, 0.05) is 16.4 Å². The van der Waals surface area contributed by atoms with Crippen molar-refractivity contribution in [1.82, 2.24) is 4.31 Å². The third kappa shape index (κ3) is 5.77. The van der Waals surface area contributed by atoms with E-state index in [0.29, 0.717) is 17.6 Å². The molecule has 5 nitrogen and oxygen atoms in total. The normalized spacial score (nSPS) is 16.3. The van der Waals surface area contributed by atoms with Crippen molar-refractivity contribution < 1.29 is 19.7 Å². The van der Waals surface area contributed by atoms with Crippen LogP contribution in [0.4, 0.5) is 0 Å². The van der Waals surface area contributed by atoms with Gasteiger partial charge in [0.2, 0.25) is 0 Å². The Morgan fingerprint density at radius 2 is 1.69 bits per heavy atom. The maximum Gasteiger partial charge on any atom is 0.150 e. The van der Waals surface area contributed by atoms with Crippen LogP contribution >= 0.6 is 11.9 Å². The predicted molar refractivity (Wildman–Crippen MR) is 144 cm³/mol. The molecule has 0 aromatic heterocycles. The lowest BCUT2D eigenvalue weighted by atomic mass is 9.86. The van der Waals surface area contributed by atoms with Gasteiger partial charge in [-0.3, -0.25) is 0 Å². The molecule has 3 aromatic carbocycles. The Bertz CT molecular complexity index is 1210. The fourth-order valence-electron chi connectivity index (χ4n) is 4.21. The van der Waals surface area contributed by atoms with Gasteiger partial charge in [0.15, 0.2) is 0 Å². The van der Waals surface area contributed by atoms with Crippen LogP contribution in [0.2, 0.25) is 0 Å². The van der Waals surface area contributed by atoms with Crippen LogP contribution in [0.25, 0.3) is 11.1 Å². The van der Waals surface area contributed by atoms with Crippen molar-refractivity contribution in [2.45, 2.75) is 45.1 Å². The molecule has 1 aliphatic rings. The van der Waals surface area contributed by atoms with Gasteiger partial charge in [-0.1, -0.05) is 50.1 Å². The van der Waals surface area contributed by atoms with Gasteiger partial charge in [-0.2, -0.15) is 0 Å². The number of benzene rings is 3. The van der Waals surface area contributed by atoms with E-state index in [1.54, 1.807) is 30.3 Å². The number of hydrogen-bond donors (Lipinski definition) is 2. The molecule has 2 atom stereocenters. The van der Waals surface area contributed by atoms with Crippen molar-refractivity contribution in [3.63, 3.8) is 0 Å². The standard InChI is InChI=1S/C29H33NO4S/c1-18(2)35-30(5)19(3)17-33-25-12-9-21(10-13-25)29-28(22-7-6-8-23(31)15-22)20(4)26-16-24(32)11-14-27(26)34-29/h6-16,18-19,29,31-32H,17H2,1-5H3. The molecular weight excluding hydrogens is 458 g/mol. The molecule has 2 N–H and O–H groups in total. The molecule has 1 aliphatic heterocycles. The van der Waals surface area contributed by atoms with Crippen molar-refractivity contribution in [1.29, 1.82) is 0 Å². The van der Waals surface area contributed by atoms with Gasteiger partial charge in [0.1, 0.15) is 35.7 Å². The minimum Gasteiger partial charge on any atom is -0.508 e. The van der Waals surface area contributed by atoms with E-state index in [9.17, 15) is 10.2 Å². The van der Waals surface area contributed by atoms with Crippen molar-refractivity contribution in [2.24, 2.45) is 0 Å². The first-order valence-corrected chi connectivity index (χ1v) is 12.7. The summed E-state index contributed by atoms with van der Waals surface area (Å²) >= 11 is 1.81. The van der Waals surface area contributed by atoms with Crippen LogP contribution < -0.4 is 9.47 Å². The zero-order valence-electron chi connectivity index (χ0n) is 20.9. The van der Waals surface area contributed by atoms with E-state index in [0.717, 1.165) is 33.6 Å². The van der Waals surface area contributed by atoms with Crippen LogP contribution in [0.15, 0.2) is 66.7 Å². The van der Waals surface area contributed by atoms with Crippen molar-refractivity contribution in [3.05, 3.63) is 83.4 Å². The second-order valence-electron chi connectivity index (χ2n) is 9.20. The highest BCUT2D eigenvalue weighted by atomic mass is 32.2. The van der Waals surface area contributed by atoms with Gasteiger partial charge in [0.05, 0.1) is 6.04 Å². The quantitative estimate of drug-likeness (QED) is 0.334. The molecule has 35 heavy (non-hydrogen) atoms. The number of hydrogen-bond acceptors (Lipinski definition) is 6. The Labute approximate surface area is 212 Å². The van der Waals surface area contributed by atoms with E-state index in [1.165, 1.54) is 0 Å². The molecule has 1 heterocycles. The first-order valence-electron chi connectivity index (χ1n) is 11.9. The molecule has 4 rings (SSSR count). The summed E-state index contributed by atoms with van der Waals surface area (Å²) < 4.78 is 14.8. The number of nitrogens with zero attached hydrogens (tertiary/aromatic N) is 1. The molecule has 6 heteroatoms. The second kappa shape index (κ2) is 10.7. The summed E-state index contributed by atoms with van der Waals surface area (Å²) in [5.74, 6) is 1.91. The third-order valence-corrected chi connectivity index (χ3v) is 7.22. The number of allylic oxidation sites excluding steroid dienone is 1. The Morgan fingerprint density at radius 3 is 2.37 bits per heavy atom. The molecule has 184 valence electrons.